The molecule has 0 saturated carbocycles. The lowest BCUT2D eigenvalue weighted by molar-refractivity contribution is 0.319. The van der Waals surface area contributed by atoms with Gasteiger partial charge in [-0.15, -0.1) is 0 Å². The van der Waals surface area contributed by atoms with Crippen molar-refractivity contribution >= 4 is 85.3 Å². The van der Waals surface area contributed by atoms with E-state index in [0.717, 1.165) is 69.6 Å². The van der Waals surface area contributed by atoms with Crippen LogP contribution in [-0.2, 0) is 50.9 Å². The largest absolute Gasteiger partial charge is 0.330 e. The van der Waals surface area contributed by atoms with Crippen molar-refractivity contribution in [2.24, 2.45) is 82.1 Å². The van der Waals surface area contributed by atoms with Crippen molar-refractivity contribution in [2.75, 3.05) is 26.2 Å². The lowest BCUT2D eigenvalue weighted by atomic mass is 9.87. The van der Waals surface area contributed by atoms with Crippen molar-refractivity contribution in [2.45, 2.75) is 244 Å². The van der Waals surface area contributed by atoms with Gasteiger partial charge in [0.15, 0.2) is 0 Å². The summed E-state index contributed by atoms with van der Waals surface area (Å²) < 4.78 is 114. The summed E-state index contributed by atoms with van der Waals surface area (Å²) in [4.78, 5) is 1.29. The molecule has 0 fully saturated rings. The second kappa shape index (κ2) is 42.2. The summed E-state index contributed by atoms with van der Waals surface area (Å²) in [5.74, 6) is 4.25. The Morgan fingerprint density at radius 2 is 0.511 bits per heavy atom. The Balaban J connectivity index is 0.000000628. The highest BCUT2D eigenvalue weighted by molar-refractivity contribution is 14.1. The fourth-order valence-electron chi connectivity index (χ4n) is 10.5. The van der Waals surface area contributed by atoms with Crippen molar-refractivity contribution in [3.8, 4) is 0 Å². The number of nitrogens with two attached hydrogens (primary N) is 4. The molecule has 0 radical (unpaired) electrons. The van der Waals surface area contributed by atoms with Crippen LogP contribution in [0, 0.1) is 66.3 Å². The molecule has 540 valence electrons. The number of benzene rings is 4. The highest BCUT2D eigenvalue weighted by atomic mass is 127. The van der Waals surface area contributed by atoms with Crippen LogP contribution in [0.2, 0.25) is 0 Å². The van der Waals surface area contributed by atoms with Crippen LogP contribution in [0.25, 0.3) is 0 Å². The average Bonchev–Trinajstić information content (AvgIpc) is 0.899. The molecule has 0 aliphatic rings. The van der Waals surface area contributed by atoms with Crippen LogP contribution in [-0.4, -0.2) is 84.0 Å². The van der Waals surface area contributed by atoms with E-state index >= 15 is 0 Å². The first-order valence-corrected chi connectivity index (χ1v) is 42.0. The Morgan fingerprint density at radius 3 is 0.702 bits per heavy atom. The third-order valence-corrected chi connectivity index (χ3v) is 25.5. The van der Waals surface area contributed by atoms with Gasteiger partial charge in [-0.25, -0.2) is 52.6 Å². The van der Waals surface area contributed by atoms with Crippen LogP contribution < -0.4 is 41.8 Å². The predicted octanol–water partition coefficient (Wildman–Crippen LogP) is 14.5. The molecule has 0 heterocycles. The van der Waals surface area contributed by atoms with Gasteiger partial charge in [-0.05, 0) is 291 Å². The fourth-order valence-corrected chi connectivity index (χ4v) is 16.6. The van der Waals surface area contributed by atoms with Gasteiger partial charge in [-0.2, -0.15) is 0 Å². The van der Waals surface area contributed by atoms with Crippen molar-refractivity contribution in [1.29, 1.82) is 0 Å². The number of sulfonamides is 4. The first kappa shape index (κ1) is 89.8. The number of rotatable bonds is 34. The Kier molecular flexibility index (Phi) is 40.3. The maximum absolute atomic E-state index is 12.8. The molecule has 0 bridgehead atoms. The molecule has 0 aliphatic carbocycles. The van der Waals surface area contributed by atoms with E-state index in [1.54, 1.807) is 60.7 Å². The zero-order chi connectivity index (χ0) is 72.3. The molecular formula is C72H126I2N8O8S4. The summed E-state index contributed by atoms with van der Waals surface area (Å²) in [6.45, 7) is 44.6. The number of hydrogen-bond acceptors (Lipinski definition) is 12. The molecule has 0 amide bonds. The van der Waals surface area contributed by atoms with Gasteiger partial charge in [-0.1, -0.05) is 149 Å². The second-order valence-electron chi connectivity index (χ2n) is 29.7. The molecule has 0 aromatic heterocycles. The first-order chi connectivity index (χ1) is 43.3. The van der Waals surface area contributed by atoms with E-state index in [1.807, 2.05) is 64.1 Å². The van der Waals surface area contributed by atoms with E-state index in [1.165, 1.54) is 0 Å². The van der Waals surface area contributed by atoms with Gasteiger partial charge in [0.05, 0.1) is 19.6 Å². The van der Waals surface area contributed by atoms with Crippen molar-refractivity contribution in [1.82, 2.24) is 18.9 Å². The standard InChI is InChI=1S/C21H38N2O2S.C19H34N2O2S.C17H29IN2O2S.C15H25IN2O2S/c1-15(2)17(14-22)8-13-20(16(3)4)23-26(24,25)19-11-9-18(10-12-19)21(5,6)7;1-14(2)16(13-20)8-7-15(3)21-24(22,23)18-11-9-17(10-12-18)19(4,5)6;1-12(2)14(11-19)5-10-17(13(3)4)20-23(21,22)16-8-6-15(18)7-9-16;1-11(2)13(10-17)5-4-12(3)18-21(19,20)15-8-6-14(16)7-9-15/h9-12,15-17,20,23H,8,13-14,22H2,1-7H3;9-12,14-16,21H,7-8,13,20H2,1-6H3;6-9,12-14,17,20H,5,10-11,19H2,1-4H3;6-9,11-13,18H,4-5,10,17H2,1-3H3. The Labute approximate surface area is 600 Å². The molecule has 94 heavy (non-hydrogen) atoms. The SMILES string of the molecule is CC(C)C(CN)CCC(NS(=O)(=O)c1ccc(C(C)(C)C)cc1)C(C)C.CC(C)C(CN)CCC(NS(=O)(=O)c1ccc(I)cc1)C(C)C.CC(CCC(CN)C(C)C)NS(=O)(=O)c1ccc(C(C)(C)C)cc1.CC(CCC(CN)C(C)C)NS(=O)(=O)c1ccc(I)cc1. The minimum Gasteiger partial charge on any atom is -0.330 e. The molecule has 0 aliphatic heterocycles. The summed E-state index contributed by atoms with van der Waals surface area (Å²) in [5, 5.41) is 0. The highest BCUT2D eigenvalue weighted by Crippen LogP contribution is 2.28. The lowest BCUT2D eigenvalue weighted by Crippen LogP contribution is -2.39. The second-order valence-corrected chi connectivity index (χ2v) is 39.1. The van der Waals surface area contributed by atoms with Crippen LogP contribution in [0.5, 0.6) is 0 Å². The molecule has 12 N–H and O–H groups in total. The van der Waals surface area contributed by atoms with Gasteiger partial charge >= 0.3 is 0 Å². The van der Waals surface area contributed by atoms with Gasteiger partial charge in [0.1, 0.15) is 0 Å². The molecule has 22 heteroatoms. The van der Waals surface area contributed by atoms with Crippen LogP contribution in [0.3, 0.4) is 0 Å². The third-order valence-electron chi connectivity index (χ3n) is 17.9. The van der Waals surface area contributed by atoms with Crippen LogP contribution in [0.4, 0.5) is 0 Å². The maximum Gasteiger partial charge on any atom is 0.240 e. The smallest absolute Gasteiger partial charge is 0.240 e. The van der Waals surface area contributed by atoms with Gasteiger partial charge in [0, 0.05) is 31.3 Å². The molecule has 4 rings (SSSR count). The summed E-state index contributed by atoms with van der Waals surface area (Å²) in [5.41, 5.74) is 25.5. The minimum atomic E-state index is -3.52. The van der Waals surface area contributed by atoms with E-state index in [2.05, 4.69) is 175 Å². The Hall–Kier alpha value is -2.18. The van der Waals surface area contributed by atoms with Crippen LogP contribution in [0.1, 0.15) is 201 Å². The summed E-state index contributed by atoms with van der Waals surface area (Å²) >= 11 is 4.32. The number of halogens is 2. The van der Waals surface area contributed by atoms with E-state index < -0.39 is 40.1 Å². The number of nitrogens with one attached hydrogen (secondary N) is 4. The average molecular weight is 1610 g/mol. The van der Waals surface area contributed by atoms with E-state index in [-0.39, 0.29) is 46.8 Å². The third kappa shape index (κ3) is 33.3. The monoisotopic (exact) mass is 1610 g/mol. The van der Waals surface area contributed by atoms with E-state index in [9.17, 15) is 33.7 Å². The quantitative estimate of drug-likeness (QED) is 0.0203. The van der Waals surface area contributed by atoms with E-state index in [0.29, 0.717) is 93.1 Å². The Bertz CT molecular complexity index is 3210. The van der Waals surface area contributed by atoms with Crippen LogP contribution in [0.15, 0.2) is 117 Å². The highest BCUT2D eigenvalue weighted by Gasteiger charge is 2.28. The molecule has 0 spiro atoms. The van der Waals surface area contributed by atoms with E-state index in [4.69, 9.17) is 22.9 Å². The minimum absolute atomic E-state index is 0.00424. The summed E-state index contributed by atoms with van der Waals surface area (Å²) in [6.07, 6.45) is 6.93. The van der Waals surface area contributed by atoms with Gasteiger partial charge in [0.25, 0.3) is 0 Å². The topological polar surface area (TPSA) is 289 Å². The molecule has 0 saturated heterocycles. The van der Waals surface area contributed by atoms with Gasteiger partial charge in [-0.3, -0.25) is 0 Å². The van der Waals surface area contributed by atoms with Gasteiger partial charge in [0.2, 0.25) is 40.1 Å². The fraction of sp³-hybridized carbons (Fsp3) is 0.667. The molecule has 16 nitrogen and oxygen atoms in total. The first-order valence-electron chi connectivity index (χ1n) is 33.9. The normalized spacial score (nSPS) is 15.3. The summed E-state index contributed by atoms with van der Waals surface area (Å²) in [6, 6.07) is 27.8. The van der Waals surface area contributed by atoms with Gasteiger partial charge < -0.3 is 22.9 Å². The maximum atomic E-state index is 12.8. The van der Waals surface area contributed by atoms with Crippen molar-refractivity contribution in [3.63, 3.8) is 0 Å². The van der Waals surface area contributed by atoms with Crippen LogP contribution >= 0.6 is 45.2 Å². The summed E-state index contributed by atoms with van der Waals surface area (Å²) in [7, 11) is -13.9. The Morgan fingerprint density at radius 1 is 0.309 bits per heavy atom. The molecule has 4 aromatic rings. The zero-order valence-electron chi connectivity index (χ0n) is 60.8. The molecule has 4 aromatic carbocycles. The van der Waals surface area contributed by atoms with Crippen molar-refractivity contribution in [3.05, 3.63) is 115 Å². The lowest BCUT2D eigenvalue weighted by Gasteiger charge is -2.26. The number of hydrogen-bond donors (Lipinski definition) is 8. The van der Waals surface area contributed by atoms with Crippen molar-refractivity contribution < 1.29 is 33.7 Å². The predicted molar refractivity (Wildman–Crippen MR) is 413 cm³/mol. The molecule has 8 atom stereocenters. The zero-order valence-corrected chi connectivity index (χ0v) is 68.4. The molecular weight excluding hydrogens is 1490 g/mol. The molecule has 8 unspecified atom stereocenters.